The molecule has 0 saturated heterocycles. The van der Waals surface area contributed by atoms with Crippen LogP contribution in [0.3, 0.4) is 0 Å². The van der Waals surface area contributed by atoms with Crippen LogP contribution in [0.15, 0.2) is 36.8 Å². The molecule has 1 aliphatic rings. The quantitative estimate of drug-likeness (QED) is 0.375. The standard InChI is InChI=1S/C23H20Cl2N8O2/c1-13(35-2)21-18(12-26-20-10-19(25)31-33(20)21)29-23(34)28-16-9-17(24)22(27-11-16)32-8-7-15(30-32)6-5-14-3-4-14/h7-14H,3-4H2,1-2H3,(H2,28,29,34)/t13-/m0/s1. The molecule has 0 radical (unpaired) electrons. The minimum atomic E-state index is -0.517. The maximum Gasteiger partial charge on any atom is 0.323 e. The molecule has 4 aromatic rings. The second-order valence-electron chi connectivity index (χ2n) is 7.97. The number of hydrogen-bond donors (Lipinski definition) is 2. The highest BCUT2D eigenvalue weighted by molar-refractivity contribution is 6.32. The van der Waals surface area contributed by atoms with Crippen LogP contribution in [0.4, 0.5) is 16.2 Å². The van der Waals surface area contributed by atoms with Crippen molar-refractivity contribution in [2.45, 2.75) is 25.9 Å². The van der Waals surface area contributed by atoms with Crippen LogP contribution in [0.5, 0.6) is 0 Å². The van der Waals surface area contributed by atoms with Crippen molar-refractivity contribution in [1.29, 1.82) is 0 Å². The van der Waals surface area contributed by atoms with Gasteiger partial charge in [0, 0.05) is 25.3 Å². The summed E-state index contributed by atoms with van der Waals surface area (Å²) in [6.07, 6.45) is 6.67. The van der Waals surface area contributed by atoms with Crippen molar-refractivity contribution in [3.63, 3.8) is 0 Å². The average Bonchev–Trinajstić information content (AvgIpc) is 3.41. The second-order valence-corrected chi connectivity index (χ2v) is 8.76. The van der Waals surface area contributed by atoms with E-state index in [2.05, 4.69) is 42.6 Å². The van der Waals surface area contributed by atoms with Gasteiger partial charge in [-0.25, -0.2) is 24.0 Å². The van der Waals surface area contributed by atoms with E-state index in [4.69, 9.17) is 27.9 Å². The van der Waals surface area contributed by atoms with Crippen molar-refractivity contribution in [2.75, 3.05) is 17.7 Å². The van der Waals surface area contributed by atoms with E-state index in [0.717, 1.165) is 12.8 Å². The summed E-state index contributed by atoms with van der Waals surface area (Å²) in [5.41, 5.74) is 2.59. The van der Waals surface area contributed by atoms with E-state index in [9.17, 15) is 4.79 Å². The van der Waals surface area contributed by atoms with Gasteiger partial charge in [0.15, 0.2) is 16.6 Å². The fourth-order valence-electron chi connectivity index (χ4n) is 3.39. The molecule has 178 valence electrons. The molecule has 0 aliphatic heterocycles. The number of nitrogens with zero attached hydrogens (tertiary/aromatic N) is 6. The molecule has 35 heavy (non-hydrogen) atoms. The Morgan fingerprint density at radius 1 is 1.20 bits per heavy atom. The van der Waals surface area contributed by atoms with Gasteiger partial charge in [-0.05, 0) is 37.8 Å². The molecule has 10 nitrogen and oxygen atoms in total. The number of halogens is 2. The summed E-state index contributed by atoms with van der Waals surface area (Å²) in [5, 5.41) is 14.7. The first-order valence-electron chi connectivity index (χ1n) is 10.8. The number of aromatic nitrogens is 6. The molecule has 4 heterocycles. The topological polar surface area (TPSA) is 111 Å². The van der Waals surface area contributed by atoms with Gasteiger partial charge in [-0.15, -0.1) is 0 Å². The molecule has 0 unspecified atom stereocenters. The third-order valence-electron chi connectivity index (χ3n) is 5.35. The lowest BCUT2D eigenvalue weighted by Gasteiger charge is -2.17. The smallest absolute Gasteiger partial charge is 0.323 e. The van der Waals surface area contributed by atoms with Crippen LogP contribution in [-0.4, -0.2) is 42.5 Å². The number of nitrogens with one attached hydrogen (secondary N) is 2. The Morgan fingerprint density at radius 2 is 2.03 bits per heavy atom. The predicted octanol–water partition coefficient (Wildman–Crippen LogP) is 4.73. The predicted molar refractivity (Wildman–Crippen MR) is 132 cm³/mol. The van der Waals surface area contributed by atoms with E-state index in [1.807, 2.05) is 13.0 Å². The van der Waals surface area contributed by atoms with Crippen LogP contribution >= 0.6 is 23.2 Å². The fraction of sp³-hybridized carbons (Fsp3) is 0.261. The Labute approximate surface area is 210 Å². The lowest BCUT2D eigenvalue weighted by Crippen LogP contribution is -2.22. The van der Waals surface area contributed by atoms with E-state index in [1.54, 1.807) is 30.1 Å². The van der Waals surface area contributed by atoms with E-state index in [0.29, 0.717) is 45.2 Å². The Morgan fingerprint density at radius 3 is 2.77 bits per heavy atom. The van der Waals surface area contributed by atoms with Crippen LogP contribution in [0.25, 0.3) is 11.5 Å². The zero-order valence-electron chi connectivity index (χ0n) is 18.8. The number of anilines is 2. The summed E-state index contributed by atoms with van der Waals surface area (Å²) in [6.45, 7) is 1.83. The highest BCUT2D eigenvalue weighted by Crippen LogP contribution is 2.28. The number of carbonyl (C=O) groups excluding carboxylic acids is 1. The molecule has 1 saturated carbocycles. The Hall–Kier alpha value is -3.65. The minimum Gasteiger partial charge on any atom is -0.375 e. The number of hydrogen-bond acceptors (Lipinski definition) is 6. The number of urea groups is 1. The number of ether oxygens (including phenoxy) is 1. The molecule has 0 spiro atoms. The zero-order chi connectivity index (χ0) is 24.5. The van der Waals surface area contributed by atoms with E-state index >= 15 is 0 Å². The Bertz CT molecular complexity index is 1480. The SMILES string of the molecule is CO[C@@H](C)c1c(NC(=O)Nc2cnc(-n3ccc(C#CC4CC4)n3)c(Cl)c2)cnc2cc(Cl)nn12. The van der Waals surface area contributed by atoms with Crippen LogP contribution in [0.1, 0.15) is 37.3 Å². The van der Waals surface area contributed by atoms with Crippen molar-refractivity contribution in [3.05, 3.63) is 58.4 Å². The van der Waals surface area contributed by atoms with Crippen LogP contribution in [-0.2, 0) is 4.74 Å². The van der Waals surface area contributed by atoms with Crippen LogP contribution in [0, 0.1) is 17.8 Å². The van der Waals surface area contributed by atoms with Gasteiger partial charge in [0.1, 0.15) is 5.69 Å². The average molecular weight is 511 g/mol. The molecule has 0 aromatic carbocycles. The van der Waals surface area contributed by atoms with Gasteiger partial charge in [0.2, 0.25) is 0 Å². The van der Waals surface area contributed by atoms with Crippen molar-refractivity contribution in [3.8, 4) is 17.7 Å². The number of amides is 2. The summed E-state index contributed by atoms with van der Waals surface area (Å²) in [4.78, 5) is 21.4. The number of fused-ring (bicyclic) bond motifs is 1. The van der Waals surface area contributed by atoms with Gasteiger partial charge in [-0.1, -0.05) is 29.1 Å². The summed E-state index contributed by atoms with van der Waals surface area (Å²) in [7, 11) is 1.56. The lowest BCUT2D eigenvalue weighted by molar-refractivity contribution is 0.114. The van der Waals surface area contributed by atoms with E-state index < -0.39 is 12.1 Å². The highest BCUT2D eigenvalue weighted by Gasteiger charge is 2.20. The monoisotopic (exact) mass is 510 g/mol. The number of rotatable bonds is 5. The van der Waals surface area contributed by atoms with Crippen molar-refractivity contribution < 1.29 is 9.53 Å². The van der Waals surface area contributed by atoms with Gasteiger partial charge in [-0.3, -0.25) is 0 Å². The summed E-state index contributed by atoms with van der Waals surface area (Å²) >= 11 is 12.5. The van der Waals surface area contributed by atoms with Gasteiger partial charge < -0.3 is 15.4 Å². The molecule has 2 N–H and O–H groups in total. The number of carbonyl (C=O) groups is 1. The molecule has 5 rings (SSSR count). The second kappa shape index (κ2) is 9.54. The molecule has 0 bridgehead atoms. The van der Waals surface area contributed by atoms with Crippen molar-refractivity contribution >= 4 is 46.3 Å². The fourth-order valence-corrected chi connectivity index (χ4v) is 3.81. The first-order valence-corrected chi connectivity index (χ1v) is 11.5. The summed E-state index contributed by atoms with van der Waals surface area (Å²) in [5.74, 6) is 7.15. The Kier molecular flexibility index (Phi) is 6.30. The molecule has 4 aromatic heterocycles. The Balaban J connectivity index is 1.32. The highest BCUT2D eigenvalue weighted by atomic mass is 35.5. The first-order chi connectivity index (χ1) is 16.9. The summed E-state index contributed by atoms with van der Waals surface area (Å²) in [6, 6.07) is 4.50. The van der Waals surface area contributed by atoms with Gasteiger partial charge in [0.05, 0.1) is 40.6 Å². The largest absolute Gasteiger partial charge is 0.375 e. The third kappa shape index (κ3) is 5.07. The van der Waals surface area contributed by atoms with Gasteiger partial charge in [-0.2, -0.15) is 10.2 Å². The molecular formula is C23H20Cl2N8O2. The number of pyridine rings is 1. The molecule has 1 aliphatic carbocycles. The van der Waals surface area contributed by atoms with E-state index in [1.165, 1.54) is 16.9 Å². The first kappa shape index (κ1) is 23.1. The van der Waals surface area contributed by atoms with Crippen LogP contribution < -0.4 is 10.6 Å². The minimum absolute atomic E-state index is 0.281. The molecule has 1 atom stereocenters. The maximum atomic E-state index is 12.7. The molecule has 2 amide bonds. The van der Waals surface area contributed by atoms with Gasteiger partial charge >= 0.3 is 6.03 Å². The van der Waals surface area contributed by atoms with Crippen molar-refractivity contribution in [2.24, 2.45) is 5.92 Å². The molecule has 12 heteroatoms. The summed E-state index contributed by atoms with van der Waals surface area (Å²) < 4.78 is 8.54. The molecular weight excluding hydrogens is 491 g/mol. The lowest BCUT2D eigenvalue weighted by atomic mass is 10.2. The van der Waals surface area contributed by atoms with Crippen molar-refractivity contribution in [1.82, 2.24) is 29.4 Å². The zero-order valence-corrected chi connectivity index (χ0v) is 20.3. The van der Waals surface area contributed by atoms with E-state index in [-0.39, 0.29) is 5.15 Å². The maximum absolute atomic E-state index is 12.7. The molecule has 1 fully saturated rings. The van der Waals surface area contributed by atoms with Crippen LogP contribution in [0.2, 0.25) is 10.2 Å². The third-order valence-corrected chi connectivity index (χ3v) is 5.81. The normalized spacial score (nSPS) is 13.8. The van der Waals surface area contributed by atoms with Gasteiger partial charge in [0.25, 0.3) is 0 Å². The number of methoxy groups -OCH3 is 1.